The molecule has 0 saturated heterocycles. The Bertz CT molecular complexity index is 983. The lowest BCUT2D eigenvalue weighted by Gasteiger charge is -2.44. The predicted molar refractivity (Wildman–Crippen MR) is 139 cm³/mol. The molecule has 5 heteroatoms. The van der Waals surface area contributed by atoms with Crippen molar-refractivity contribution in [2.75, 3.05) is 18.5 Å². The Morgan fingerprint density at radius 2 is 1.91 bits per heavy atom. The number of hydrogen-bond donors (Lipinski definition) is 1. The molecule has 35 heavy (non-hydrogen) atoms. The number of benzene rings is 2. The summed E-state index contributed by atoms with van der Waals surface area (Å²) in [6.07, 6.45) is 11.3. The van der Waals surface area contributed by atoms with Crippen LogP contribution in [0.2, 0.25) is 0 Å². The van der Waals surface area contributed by atoms with Crippen LogP contribution in [-0.4, -0.2) is 24.9 Å². The Morgan fingerprint density at radius 3 is 2.69 bits per heavy atom. The summed E-state index contributed by atoms with van der Waals surface area (Å²) in [6.45, 7) is 7.92. The van der Waals surface area contributed by atoms with Crippen molar-refractivity contribution in [1.82, 2.24) is 0 Å². The molecule has 0 amide bonds. The van der Waals surface area contributed by atoms with E-state index in [1.807, 2.05) is 37.3 Å². The number of ether oxygens (including phenoxy) is 3. The van der Waals surface area contributed by atoms with Gasteiger partial charge in [-0.25, -0.2) is 4.39 Å². The van der Waals surface area contributed by atoms with E-state index in [4.69, 9.17) is 14.2 Å². The van der Waals surface area contributed by atoms with Crippen molar-refractivity contribution in [2.45, 2.75) is 83.6 Å². The fraction of sp³-hybridized carbons (Fsp3) is 0.533. The van der Waals surface area contributed by atoms with Crippen LogP contribution in [0, 0.1) is 11.7 Å². The maximum atomic E-state index is 13.6. The van der Waals surface area contributed by atoms with Crippen LogP contribution in [-0.2, 0) is 16.0 Å². The van der Waals surface area contributed by atoms with Gasteiger partial charge in [0, 0.05) is 24.4 Å². The summed E-state index contributed by atoms with van der Waals surface area (Å²) in [5.41, 5.74) is 2.32. The molecule has 4 nitrogen and oxygen atoms in total. The molecule has 1 N–H and O–H groups in total. The van der Waals surface area contributed by atoms with E-state index in [9.17, 15) is 4.39 Å². The third-order valence-corrected chi connectivity index (χ3v) is 7.19. The molecule has 4 rings (SSSR count). The van der Waals surface area contributed by atoms with Crippen LogP contribution in [0.1, 0.15) is 76.5 Å². The average Bonchev–Trinajstić information content (AvgIpc) is 2.85. The lowest BCUT2D eigenvalue weighted by molar-refractivity contribution is -0.158. The third-order valence-electron chi connectivity index (χ3n) is 7.19. The second-order valence-electron chi connectivity index (χ2n) is 10.3. The van der Waals surface area contributed by atoms with Gasteiger partial charge < -0.3 is 19.5 Å². The molecule has 1 saturated carbocycles. The molecule has 2 atom stereocenters. The average molecular weight is 482 g/mol. The number of anilines is 1. The van der Waals surface area contributed by atoms with Gasteiger partial charge in [0.05, 0.1) is 6.61 Å². The smallest absolute Gasteiger partial charge is 0.132 e. The number of hydrogen-bond acceptors (Lipinski definition) is 4. The molecule has 1 aliphatic heterocycles. The summed E-state index contributed by atoms with van der Waals surface area (Å²) in [6, 6.07) is 12.8. The van der Waals surface area contributed by atoms with Crippen LogP contribution in [0.4, 0.5) is 10.1 Å². The SMILES string of the molecule is CC=CCOC1C(OCCC2CCCCC2)c2cc(NCc3cccc(F)c3)ccc2OC1(C)C. The van der Waals surface area contributed by atoms with Gasteiger partial charge in [-0.1, -0.05) is 56.4 Å². The number of allylic oxidation sites excluding steroid dienone is 1. The van der Waals surface area contributed by atoms with E-state index in [2.05, 4.69) is 25.2 Å². The van der Waals surface area contributed by atoms with Crippen LogP contribution in [0.25, 0.3) is 0 Å². The monoisotopic (exact) mass is 481 g/mol. The molecular formula is C30H40FNO3. The highest BCUT2D eigenvalue weighted by Gasteiger charge is 2.45. The van der Waals surface area contributed by atoms with E-state index < -0.39 is 5.60 Å². The first-order chi connectivity index (χ1) is 17.0. The molecular weight excluding hydrogens is 441 g/mol. The van der Waals surface area contributed by atoms with E-state index in [0.29, 0.717) is 13.2 Å². The maximum absolute atomic E-state index is 13.6. The highest BCUT2D eigenvalue weighted by Crippen LogP contribution is 2.44. The zero-order chi connectivity index (χ0) is 24.7. The van der Waals surface area contributed by atoms with E-state index in [0.717, 1.165) is 41.5 Å². The molecule has 2 unspecified atom stereocenters. The van der Waals surface area contributed by atoms with E-state index in [1.165, 1.54) is 38.2 Å². The summed E-state index contributed by atoms with van der Waals surface area (Å²) in [7, 11) is 0. The number of halogens is 1. The highest BCUT2D eigenvalue weighted by atomic mass is 19.1. The molecule has 1 heterocycles. The summed E-state index contributed by atoms with van der Waals surface area (Å²) < 4.78 is 33.0. The largest absolute Gasteiger partial charge is 0.485 e. The first kappa shape index (κ1) is 25.7. The second kappa shape index (κ2) is 12.0. The zero-order valence-electron chi connectivity index (χ0n) is 21.4. The van der Waals surface area contributed by atoms with Crippen molar-refractivity contribution in [2.24, 2.45) is 5.92 Å². The van der Waals surface area contributed by atoms with Gasteiger partial charge in [-0.05, 0) is 69.0 Å². The fourth-order valence-corrected chi connectivity index (χ4v) is 5.25. The lowest BCUT2D eigenvalue weighted by atomic mass is 9.86. The molecule has 2 aliphatic rings. The van der Waals surface area contributed by atoms with Crippen LogP contribution < -0.4 is 10.1 Å². The zero-order valence-corrected chi connectivity index (χ0v) is 21.4. The first-order valence-electron chi connectivity index (χ1n) is 13.1. The highest BCUT2D eigenvalue weighted by molar-refractivity contribution is 5.54. The van der Waals surface area contributed by atoms with Gasteiger partial charge >= 0.3 is 0 Å². The summed E-state index contributed by atoms with van der Waals surface area (Å²) in [5, 5.41) is 3.42. The molecule has 0 spiro atoms. The molecule has 2 aromatic carbocycles. The normalized spacial score (nSPS) is 22.1. The van der Waals surface area contributed by atoms with Crippen LogP contribution in [0.15, 0.2) is 54.6 Å². The molecule has 1 aliphatic carbocycles. The lowest BCUT2D eigenvalue weighted by Crippen LogP contribution is -2.51. The van der Waals surface area contributed by atoms with Crippen molar-refractivity contribution >= 4 is 5.69 Å². The van der Waals surface area contributed by atoms with Crippen molar-refractivity contribution in [1.29, 1.82) is 0 Å². The van der Waals surface area contributed by atoms with Gasteiger partial charge in [0.1, 0.15) is 29.4 Å². The summed E-state index contributed by atoms with van der Waals surface area (Å²) in [4.78, 5) is 0. The number of rotatable bonds is 10. The van der Waals surface area contributed by atoms with Crippen molar-refractivity contribution in [3.63, 3.8) is 0 Å². The first-order valence-corrected chi connectivity index (χ1v) is 13.1. The summed E-state index contributed by atoms with van der Waals surface area (Å²) >= 11 is 0. The van der Waals surface area contributed by atoms with Crippen LogP contribution >= 0.6 is 0 Å². The molecule has 0 bridgehead atoms. The van der Waals surface area contributed by atoms with Gasteiger partial charge in [0.15, 0.2) is 0 Å². The van der Waals surface area contributed by atoms with Crippen LogP contribution in [0.5, 0.6) is 5.75 Å². The van der Waals surface area contributed by atoms with Crippen LogP contribution in [0.3, 0.4) is 0 Å². The minimum Gasteiger partial charge on any atom is -0.485 e. The molecule has 1 fully saturated rings. The predicted octanol–water partition coefficient (Wildman–Crippen LogP) is 7.60. The Balaban J connectivity index is 1.53. The Hall–Kier alpha value is -2.37. The Labute approximate surface area is 209 Å². The standard InChI is InChI=1S/C30H40FNO3/c1-4-5-17-34-29-28(33-18-16-22-10-7-6-8-11-22)26-20-25(14-15-27(26)35-30(29,2)3)32-21-23-12-9-13-24(31)19-23/h4-5,9,12-15,19-20,22,28-29,32H,6-8,10-11,16-18,21H2,1-3H3. The minimum atomic E-state index is -0.527. The Kier molecular flexibility index (Phi) is 8.85. The number of fused-ring (bicyclic) bond motifs is 1. The van der Waals surface area contributed by atoms with Gasteiger partial charge in [-0.2, -0.15) is 0 Å². The number of nitrogens with one attached hydrogen (secondary N) is 1. The van der Waals surface area contributed by atoms with Gasteiger partial charge in [-0.15, -0.1) is 0 Å². The van der Waals surface area contributed by atoms with E-state index in [1.54, 1.807) is 12.1 Å². The second-order valence-corrected chi connectivity index (χ2v) is 10.3. The van der Waals surface area contributed by atoms with Gasteiger partial charge in [-0.3, -0.25) is 0 Å². The quantitative estimate of drug-likeness (QED) is 0.355. The molecule has 190 valence electrons. The van der Waals surface area contributed by atoms with Gasteiger partial charge in [0.2, 0.25) is 0 Å². The Morgan fingerprint density at radius 1 is 1.09 bits per heavy atom. The third kappa shape index (κ3) is 6.86. The topological polar surface area (TPSA) is 39.7 Å². The van der Waals surface area contributed by atoms with E-state index in [-0.39, 0.29) is 18.0 Å². The minimum absolute atomic E-state index is 0.224. The maximum Gasteiger partial charge on any atom is 0.132 e. The summed E-state index contributed by atoms with van der Waals surface area (Å²) in [5.74, 6) is 1.37. The fourth-order valence-electron chi connectivity index (χ4n) is 5.25. The molecule has 0 radical (unpaired) electrons. The van der Waals surface area contributed by atoms with Crippen molar-refractivity contribution in [3.8, 4) is 5.75 Å². The van der Waals surface area contributed by atoms with Crippen molar-refractivity contribution < 1.29 is 18.6 Å². The van der Waals surface area contributed by atoms with E-state index >= 15 is 0 Å². The molecule has 0 aromatic heterocycles. The van der Waals surface area contributed by atoms with Crippen molar-refractivity contribution in [3.05, 3.63) is 71.6 Å². The van der Waals surface area contributed by atoms with Gasteiger partial charge in [0.25, 0.3) is 0 Å². The molecule has 2 aromatic rings.